The molecule has 8 rings (SSSR count). The van der Waals surface area contributed by atoms with Crippen LogP contribution < -0.4 is 0 Å². The number of aromatic nitrogens is 3. The maximum absolute atomic E-state index is 5.21. The number of nitrogens with zero attached hydrogens (tertiary/aromatic N) is 3. The molecule has 1 aliphatic carbocycles. The first kappa shape index (κ1) is 27.2. The lowest BCUT2D eigenvalue weighted by molar-refractivity contribution is 0.945. The van der Waals surface area contributed by atoms with Crippen molar-refractivity contribution in [3.05, 3.63) is 145 Å². The van der Waals surface area contributed by atoms with Crippen LogP contribution in [0.25, 0.3) is 77.1 Å². The van der Waals surface area contributed by atoms with Gasteiger partial charge in [0, 0.05) is 36.7 Å². The molecular formula is C41H31N3S. The monoisotopic (exact) mass is 597 g/mol. The largest absolute Gasteiger partial charge is 0.278 e. The number of thiophene rings is 1. The lowest BCUT2D eigenvalue weighted by Gasteiger charge is -2.14. The fourth-order valence-electron chi connectivity index (χ4n) is 6.47. The molecule has 0 amide bonds. The predicted octanol–water partition coefficient (Wildman–Crippen LogP) is 11.5. The predicted molar refractivity (Wildman–Crippen MR) is 194 cm³/mol. The van der Waals surface area contributed by atoms with Crippen LogP contribution in [0.15, 0.2) is 128 Å². The molecule has 0 fully saturated rings. The summed E-state index contributed by atoms with van der Waals surface area (Å²) in [4.78, 5) is 10.4. The minimum atomic E-state index is 0.650. The molecule has 4 aromatic carbocycles. The van der Waals surface area contributed by atoms with Crippen LogP contribution in [-0.4, -0.2) is 14.5 Å². The van der Waals surface area contributed by atoms with Crippen molar-refractivity contribution < 1.29 is 0 Å². The van der Waals surface area contributed by atoms with E-state index >= 15 is 0 Å². The van der Waals surface area contributed by atoms with Gasteiger partial charge in [0.15, 0.2) is 0 Å². The van der Waals surface area contributed by atoms with Crippen molar-refractivity contribution in [2.45, 2.75) is 19.8 Å². The molecule has 0 atom stereocenters. The third-order valence-electron chi connectivity index (χ3n) is 8.56. The van der Waals surface area contributed by atoms with Crippen molar-refractivity contribution in [2.75, 3.05) is 0 Å². The molecule has 45 heavy (non-hydrogen) atoms. The third kappa shape index (κ3) is 4.66. The summed E-state index contributed by atoms with van der Waals surface area (Å²) in [5.74, 6) is 0.650. The first-order chi connectivity index (χ1) is 22.2. The summed E-state index contributed by atoms with van der Waals surface area (Å²) in [7, 11) is 0. The molecule has 0 bridgehead atoms. The van der Waals surface area contributed by atoms with Crippen molar-refractivity contribution in [1.29, 1.82) is 0 Å². The molecule has 0 saturated heterocycles. The average molecular weight is 598 g/mol. The fourth-order valence-corrected chi connectivity index (χ4v) is 7.71. The highest BCUT2D eigenvalue weighted by Crippen LogP contribution is 2.41. The number of hydrogen-bond donors (Lipinski definition) is 0. The maximum atomic E-state index is 5.21. The van der Waals surface area contributed by atoms with Crippen LogP contribution in [0.2, 0.25) is 0 Å². The van der Waals surface area contributed by atoms with E-state index in [1.165, 1.54) is 31.3 Å². The highest BCUT2D eigenvalue weighted by molar-refractivity contribution is 7.26. The Hall–Kier alpha value is -5.32. The SMILES string of the molecule is C=Cc1c(/C=C\C)n(-c2nc(C3=CCCC=C3)cc(-c3ccccc3)n2)c2ccc(-c3cccc4c3sc3ccccc34)cc12. The topological polar surface area (TPSA) is 30.7 Å². The molecule has 216 valence electrons. The van der Waals surface area contributed by atoms with Crippen LogP contribution in [0, 0.1) is 0 Å². The van der Waals surface area contributed by atoms with Crippen molar-refractivity contribution in [2.24, 2.45) is 0 Å². The van der Waals surface area contributed by atoms with Crippen LogP contribution in [0.1, 0.15) is 36.7 Å². The third-order valence-corrected chi connectivity index (χ3v) is 9.78. The fraction of sp³-hybridized carbons (Fsp3) is 0.0732. The van der Waals surface area contributed by atoms with Gasteiger partial charge in [0.1, 0.15) is 0 Å². The van der Waals surface area contributed by atoms with Crippen LogP contribution >= 0.6 is 11.3 Å². The van der Waals surface area contributed by atoms with Gasteiger partial charge in [-0.3, -0.25) is 4.57 Å². The quantitative estimate of drug-likeness (QED) is 0.191. The number of allylic oxidation sites excluding steroid dienone is 5. The summed E-state index contributed by atoms with van der Waals surface area (Å²) in [6.45, 7) is 6.31. The van der Waals surface area contributed by atoms with Gasteiger partial charge in [-0.2, -0.15) is 0 Å². The molecule has 0 radical (unpaired) electrons. The summed E-state index contributed by atoms with van der Waals surface area (Å²) < 4.78 is 4.81. The molecule has 0 unspecified atom stereocenters. The first-order valence-corrected chi connectivity index (χ1v) is 16.2. The van der Waals surface area contributed by atoms with Gasteiger partial charge >= 0.3 is 0 Å². The van der Waals surface area contributed by atoms with Gasteiger partial charge in [-0.25, -0.2) is 9.97 Å². The summed E-state index contributed by atoms with van der Waals surface area (Å²) in [5.41, 5.74) is 9.59. The van der Waals surface area contributed by atoms with E-state index in [9.17, 15) is 0 Å². The Balaban J connectivity index is 1.38. The van der Waals surface area contributed by atoms with Crippen molar-refractivity contribution in [1.82, 2.24) is 14.5 Å². The van der Waals surface area contributed by atoms with Gasteiger partial charge in [-0.15, -0.1) is 11.3 Å². The Labute approximate surface area is 266 Å². The molecule has 7 aromatic rings. The van der Waals surface area contributed by atoms with Crippen molar-refractivity contribution in [3.63, 3.8) is 0 Å². The molecule has 3 aromatic heterocycles. The number of hydrogen-bond acceptors (Lipinski definition) is 3. The first-order valence-electron chi connectivity index (χ1n) is 15.4. The van der Waals surface area contributed by atoms with E-state index < -0.39 is 0 Å². The van der Waals surface area contributed by atoms with Gasteiger partial charge in [-0.05, 0) is 66.8 Å². The Morgan fingerprint density at radius 2 is 1.60 bits per heavy atom. The summed E-state index contributed by atoms with van der Waals surface area (Å²) >= 11 is 1.86. The Bertz CT molecular complexity index is 2350. The van der Waals surface area contributed by atoms with Crippen LogP contribution in [0.5, 0.6) is 0 Å². The molecular weight excluding hydrogens is 567 g/mol. The molecule has 4 heteroatoms. The zero-order chi connectivity index (χ0) is 30.3. The van der Waals surface area contributed by atoms with Crippen molar-refractivity contribution >= 4 is 60.1 Å². The summed E-state index contributed by atoms with van der Waals surface area (Å²) in [6, 6.07) is 34.6. The molecule has 0 spiro atoms. The second-order valence-electron chi connectivity index (χ2n) is 11.3. The van der Waals surface area contributed by atoms with Crippen LogP contribution in [0.3, 0.4) is 0 Å². The van der Waals surface area contributed by atoms with E-state index in [0.717, 1.165) is 57.5 Å². The Morgan fingerprint density at radius 1 is 0.778 bits per heavy atom. The second-order valence-corrected chi connectivity index (χ2v) is 12.3. The Morgan fingerprint density at radius 3 is 2.42 bits per heavy atom. The second kappa shape index (κ2) is 11.3. The number of benzene rings is 4. The minimum Gasteiger partial charge on any atom is -0.278 e. The Kier molecular flexibility index (Phi) is 6.85. The van der Waals surface area contributed by atoms with Crippen LogP contribution in [0.4, 0.5) is 0 Å². The molecule has 0 N–H and O–H groups in total. The molecule has 1 aliphatic rings. The smallest absolute Gasteiger partial charge is 0.235 e. The van der Waals surface area contributed by atoms with Gasteiger partial charge < -0.3 is 0 Å². The number of fused-ring (bicyclic) bond motifs is 4. The highest BCUT2D eigenvalue weighted by atomic mass is 32.1. The van der Waals surface area contributed by atoms with E-state index in [4.69, 9.17) is 9.97 Å². The van der Waals surface area contributed by atoms with Gasteiger partial charge in [0.05, 0.1) is 22.6 Å². The van der Waals surface area contributed by atoms with Gasteiger partial charge in [0.25, 0.3) is 0 Å². The van der Waals surface area contributed by atoms with E-state index in [2.05, 4.69) is 133 Å². The molecule has 0 saturated carbocycles. The lowest BCUT2D eigenvalue weighted by Crippen LogP contribution is -2.07. The zero-order valence-electron chi connectivity index (χ0n) is 25.1. The lowest BCUT2D eigenvalue weighted by atomic mass is 10.00. The summed E-state index contributed by atoms with van der Waals surface area (Å²) in [5, 5.41) is 3.73. The standard InChI is InChI=1S/C41H31N3S/c1-3-14-37-30(4-2)34-25-29(31-20-13-21-33-32-19-11-12-22-39(32)45-40(31)33)23-24-38(34)44(37)41-42-35(27-15-7-5-8-16-27)26-36(43-41)28-17-9-6-10-18-28/h3-5,7-9,11-26H,2,6,10H2,1H3/b14-3-. The minimum absolute atomic E-state index is 0.650. The van der Waals surface area contributed by atoms with E-state index in [1.807, 2.05) is 30.4 Å². The van der Waals surface area contributed by atoms with Gasteiger partial charge in [0.2, 0.25) is 5.95 Å². The van der Waals surface area contributed by atoms with Gasteiger partial charge in [-0.1, -0.05) is 110 Å². The molecule has 3 nitrogen and oxygen atoms in total. The normalized spacial score (nSPS) is 13.3. The molecule has 3 heterocycles. The number of rotatable bonds is 6. The van der Waals surface area contributed by atoms with E-state index in [0.29, 0.717) is 5.95 Å². The summed E-state index contributed by atoms with van der Waals surface area (Å²) in [6.07, 6.45) is 14.9. The van der Waals surface area contributed by atoms with E-state index in [-0.39, 0.29) is 0 Å². The molecule has 0 aliphatic heterocycles. The van der Waals surface area contributed by atoms with Crippen molar-refractivity contribution in [3.8, 4) is 28.3 Å². The average Bonchev–Trinajstić information content (AvgIpc) is 3.64. The maximum Gasteiger partial charge on any atom is 0.235 e. The zero-order valence-corrected chi connectivity index (χ0v) is 25.9. The highest BCUT2D eigenvalue weighted by Gasteiger charge is 2.20. The van der Waals surface area contributed by atoms with Crippen LogP contribution in [-0.2, 0) is 0 Å². The van der Waals surface area contributed by atoms with E-state index in [1.54, 1.807) is 0 Å².